The molecule has 1 heterocycles. The van der Waals surface area contributed by atoms with E-state index in [-0.39, 0.29) is 30.4 Å². The molecule has 0 fully saturated rings. The fraction of sp³-hybridized carbons (Fsp3) is 0.583. The first-order valence-electron chi connectivity index (χ1n) is 5.57. The van der Waals surface area contributed by atoms with Gasteiger partial charge in [0.15, 0.2) is 0 Å². The van der Waals surface area contributed by atoms with Crippen LogP contribution in [-0.2, 0) is 4.79 Å². The zero-order chi connectivity index (χ0) is 12.1. The minimum absolute atomic E-state index is 0. The van der Waals surface area contributed by atoms with Gasteiger partial charge in [-0.1, -0.05) is 6.07 Å². The average Bonchev–Trinajstić information content (AvgIpc) is 2.77. The lowest BCUT2D eigenvalue weighted by Gasteiger charge is -2.24. The summed E-state index contributed by atoms with van der Waals surface area (Å²) >= 11 is 1.68. The van der Waals surface area contributed by atoms with E-state index in [9.17, 15) is 4.79 Å². The Hall–Kier alpha value is -0.580. The summed E-state index contributed by atoms with van der Waals surface area (Å²) < 4.78 is 0. The van der Waals surface area contributed by atoms with Crippen LogP contribution in [0, 0.1) is 0 Å². The van der Waals surface area contributed by atoms with Crippen molar-refractivity contribution in [2.75, 3.05) is 7.05 Å². The van der Waals surface area contributed by atoms with Crippen LogP contribution >= 0.6 is 23.7 Å². The Morgan fingerprint density at radius 3 is 2.65 bits per heavy atom. The van der Waals surface area contributed by atoms with Crippen molar-refractivity contribution in [2.45, 2.75) is 38.8 Å². The Morgan fingerprint density at radius 2 is 2.18 bits per heavy atom. The zero-order valence-corrected chi connectivity index (χ0v) is 12.2. The first-order valence-corrected chi connectivity index (χ1v) is 6.45. The summed E-state index contributed by atoms with van der Waals surface area (Å²) in [6, 6.07) is 4.32. The van der Waals surface area contributed by atoms with Gasteiger partial charge >= 0.3 is 0 Å². The van der Waals surface area contributed by atoms with Crippen molar-refractivity contribution in [2.24, 2.45) is 5.73 Å². The van der Waals surface area contributed by atoms with Crippen LogP contribution in [-0.4, -0.2) is 23.9 Å². The van der Waals surface area contributed by atoms with E-state index in [0.717, 1.165) is 6.42 Å². The minimum Gasteiger partial charge on any atom is -0.338 e. The van der Waals surface area contributed by atoms with Crippen LogP contribution in [0.15, 0.2) is 17.5 Å². The molecule has 0 aliphatic rings. The largest absolute Gasteiger partial charge is 0.338 e. The summed E-state index contributed by atoms with van der Waals surface area (Å²) in [5.74, 6) is 0.165. The van der Waals surface area contributed by atoms with E-state index in [4.69, 9.17) is 5.73 Å². The summed E-state index contributed by atoms with van der Waals surface area (Å²) in [6.07, 6.45) is 1.28. The van der Waals surface area contributed by atoms with Crippen LogP contribution in [0.3, 0.4) is 0 Å². The topological polar surface area (TPSA) is 46.3 Å². The van der Waals surface area contributed by atoms with Gasteiger partial charge in [-0.05, 0) is 31.7 Å². The first kappa shape index (κ1) is 16.4. The van der Waals surface area contributed by atoms with Crippen LogP contribution in [0.2, 0.25) is 0 Å². The predicted octanol–water partition coefficient (Wildman–Crippen LogP) is 2.82. The Kier molecular flexibility index (Phi) is 7.43. The van der Waals surface area contributed by atoms with Crippen molar-refractivity contribution < 1.29 is 4.79 Å². The number of nitrogens with zero attached hydrogens (tertiary/aromatic N) is 1. The summed E-state index contributed by atoms with van der Waals surface area (Å²) in [5, 5.41) is 2.03. The van der Waals surface area contributed by atoms with Gasteiger partial charge in [-0.25, -0.2) is 0 Å². The highest BCUT2D eigenvalue weighted by atomic mass is 35.5. The third kappa shape index (κ3) is 5.06. The molecule has 17 heavy (non-hydrogen) atoms. The van der Waals surface area contributed by atoms with Gasteiger partial charge < -0.3 is 10.6 Å². The number of carbonyl (C=O) groups excluding carboxylic acids is 1. The van der Waals surface area contributed by atoms with Gasteiger partial charge in [0.2, 0.25) is 5.91 Å². The molecule has 0 bridgehead atoms. The van der Waals surface area contributed by atoms with E-state index in [1.807, 2.05) is 25.4 Å². The molecule has 0 spiro atoms. The van der Waals surface area contributed by atoms with Crippen LogP contribution in [0.25, 0.3) is 0 Å². The van der Waals surface area contributed by atoms with Gasteiger partial charge in [0, 0.05) is 24.4 Å². The number of hydrogen-bond acceptors (Lipinski definition) is 3. The number of amides is 1. The number of carbonyl (C=O) groups is 1. The van der Waals surface area contributed by atoms with Crippen LogP contribution in [0.5, 0.6) is 0 Å². The highest BCUT2D eigenvalue weighted by molar-refractivity contribution is 7.10. The molecule has 0 aromatic carbocycles. The summed E-state index contributed by atoms with van der Waals surface area (Å²) in [4.78, 5) is 14.9. The van der Waals surface area contributed by atoms with E-state index in [2.05, 4.69) is 13.0 Å². The first-order chi connectivity index (χ1) is 7.52. The lowest BCUT2D eigenvalue weighted by Crippen LogP contribution is -2.30. The van der Waals surface area contributed by atoms with Gasteiger partial charge in [0.25, 0.3) is 0 Å². The SMILES string of the molecule is CC(N)CCC(=O)N(C)C(C)c1cccs1.Cl. The number of thiophene rings is 1. The van der Waals surface area contributed by atoms with Crippen molar-refractivity contribution in [3.8, 4) is 0 Å². The fourth-order valence-electron chi connectivity index (χ4n) is 1.46. The molecule has 0 aliphatic heterocycles. The zero-order valence-electron chi connectivity index (χ0n) is 10.6. The maximum absolute atomic E-state index is 11.9. The Labute approximate surface area is 113 Å². The molecular weight excluding hydrogens is 256 g/mol. The van der Waals surface area contributed by atoms with E-state index < -0.39 is 0 Å². The lowest BCUT2D eigenvalue weighted by atomic mass is 10.1. The molecule has 0 radical (unpaired) electrons. The average molecular weight is 277 g/mol. The molecule has 2 atom stereocenters. The summed E-state index contributed by atoms with van der Waals surface area (Å²) in [5.41, 5.74) is 5.64. The maximum Gasteiger partial charge on any atom is 0.222 e. The van der Waals surface area contributed by atoms with E-state index in [0.29, 0.717) is 6.42 Å². The van der Waals surface area contributed by atoms with E-state index >= 15 is 0 Å². The third-order valence-electron chi connectivity index (χ3n) is 2.74. The molecule has 0 aliphatic carbocycles. The normalized spacial score (nSPS) is 13.6. The van der Waals surface area contributed by atoms with Gasteiger partial charge in [0.05, 0.1) is 6.04 Å². The Bertz CT molecular complexity index is 327. The second-order valence-corrected chi connectivity index (χ2v) is 5.19. The van der Waals surface area contributed by atoms with Crippen molar-refractivity contribution >= 4 is 29.7 Å². The van der Waals surface area contributed by atoms with Gasteiger partial charge in [-0.3, -0.25) is 4.79 Å². The summed E-state index contributed by atoms with van der Waals surface area (Å²) in [6.45, 7) is 3.98. The van der Waals surface area contributed by atoms with Crippen LogP contribution in [0.1, 0.15) is 37.6 Å². The number of hydrogen-bond donors (Lipinski definition) is 1. The molecule has 1 rings (SSSR count). The molecule has 1 amide bonds. The standard InChI is InChI=1S/C12H20N2OS.ClH/c1-9(13)6-7-12(15)14(3)10(2)11-5-4-8-16-11;/h4-5,8-10H,6-7,13H2,1-3H3;1H. The monoisotopic (exact) mass is 276 g/mol. The second kappa shape index (κ2) is 7.69. The van der Waals surface area contributed by atoms with Crippen molar-refractivity contribution in [1.82, 2.24) is 4.90 Å². The second-order valence-electron chi connectivity index (χ2n) is 4.21. The van der Waals surface area contributed by atoms with E-state index in [1.165, 1.54) is 4.88 Å². The lowest BCUT2D eigenvalue weighted by molar-refractivity contribution is -0.131. The molecule has 1 aromatic rings. The Balaban J connectivity index is 0.00000256. The molecule has 3 nitrogen and oxygen atoms in total. The molecule has 0 saturated carbocycles. The highest BCUT2D eigenvalue weighted by Crippen LogP contribution is 2.23. The number of nitrogens with two attached hydrogens (primary N) is 1. The molecule has 2 unspecified atom stereocenters. The van der Waals surface area contributed by atoms with Crippen LogP contribution in [0.4, 0.5) is 0 Å². The smallest absolute Gasteiger partial charge is 0.222 e. The van der Waals surface area contributed by atoms with Crippen LogP contribution < -0.4 is 5.73 Å². The summed E-state index contributed by atoms with van der Waals surface area (Å²) in [7, 11) is 1.86. The third-order valence-corrected chi connectivity index (χ3v) is 3.79. The van der Waals surface area contributed by atoms with E-state index in [1.54, 1.807) is 16.2 Å². The van der Waals surface area contributed by atoms with Crippen molar-refractivity contribution in [3.63, 3.8) is 0 Å². The quantitative estimate of drug-likeness (QED) is 0.899. The number of halogens is 1. The molecule has 2 N–H and O–H groups in total. The Morgan fingerprint density at radius 1 is 1.53 bits per heavy atom. The predicted molar refractivity (Wildman–Crippen MR) is 75.6 cm³/mol. The van der Waals surface area contributed by atoms with Gasteiger partial charge in [-0.15, -0.1) is 23.7 Å². The molecule has 5 heteroatoms. The van der Waals surface area contributed by atoms with Crippen molar-refractivity contribution in [3.05, 3.63) is 22.4 Å². The molecular formula is C12H21ClN2OS. The molecule has 0 saturated heterocycles. The fourth-order valence-corrected chi connectivity index (χ4v) is 2.29. The van der Waals surface area contributed by atoms with Gasteiger partial charge in [0.1, 0.15) is 0 Å². The number of rotatable bonds is 5. The van der Waals surface area contributed by atoms with Crippen molar-refractivity contribution in [1.29, 1.82) is 0 Å². The maximum atomic E-state index is 11.9. The highest BCUT2D eigenvalue weighted by Gasteiger charge is 2.17. The molecule has 1 aromatic heterocycles. The minimum atomic E-state index is 0. The van der Waals surface area contributed by atoms with Gasteiger partial charge in [-0.2, -0.15) is 0 Å². The molecule has 98 valence electrons.